The molecule has 1 aromatic rings. The van der Waals surface area contributed by atoms with E-state index in [2.05, 4.69) is 14.9 Å². The minimum absolute atomic E-state index is 0.485. The second kappa shape index (κ2) is 4.63. The number of hydrogen-bond acceptors (Lipinski definition) is 5. The molecule has 2 aliphatic rings. The summed E-state index contributed by atoms with van der Waals surface area (Å²) in [7, 11) is 1.59. The van der Waals surface area contributed by atoms with E-state index in [9.17, 15) is 0 Å². The van der Waals surface area contributed by atoms with Gasteiger partial charge in [0.15, 0.2) is 5.82 Å². The number of ether oxygens (including phenoxy) is 1. The fraction of sp³-hybridized carbons (Fsp3) is 0.692. The second-order valence-electron chi connectivity index (χ2n) is 5.21. The monoisotopic (exact) mass is 248 g/mol. The molecule has 5 nitrogen and oxygen atoms in total. The summed E-state index contributed by atoms with van der Waals surface area (Å²) in [4.78, 5) is 10.8. The molecule has 98 valence electrons. The number of methoxy groups -OCH3 is 1. The summed E-state index contributed by atoms with van der Waals surface area (Å²) >= 11 is 0. The molecule has 18 heavy (non-hydrogen) atoms. The molecule has 3 rings (SSSR count). The molecule has 2 fully saturated rings. The predicted octanol–water partition coefficient (Wildman–Crippen LogP) is 1.84. The molecule has 2 atom stereocenters. The lowest BCUT2D eigenvalue weighted by atomic mass is 9.85. The zero-order valence-corrected chi connectivity index (χ0v) is 10.8. The van der Waals surface area contributed by atoms with Crippen LogP contribution in [0.5, 0.6) is 5.88 Å². The van der Waals surface area contributed by atoms with E-state index < -0.39 is 0 Å². The molecule has 2 heterocycles. The molecular formula is C13H20N4O. The summed E-state index contributed by atoms with van der Waals surface area (Å²) < 4.78 is 5.18. The number of nitrogens with zero attached hydrogens (tertiary/aromatic N) is 3. The molecule has 1 aliphatic heterocycles. The first-order chi connectivity index (χ1) is 8.81. The van der Waals surface area contributed by atoms with E-state index in [1.165, 1.54) is 32.1 Å². The highest BCUT2D eigenvalue weighted by Gasteiger charge is 2.37. The van der Waals surface area contributed by atoms with Crippen LogP contribution in [-0.4, -0.2) is 29.7 Å². The number of nitrogens with two attached hydrogens (primary N) is 1. The molecular weight excluding hydrogens is 228 g/mol. The largest absolute Gasteiger partial charge is 0.479 e. The van der Waals surface area contributed by atoms with Crippen LogP contribution in [0.2, 0.25) is 0 Å². The fourth-order valence-corrected chi connectivity index (χ4v) is 3.43. The third-order valence-corrected chi connectivity index (χ3v) is 4.30. The number of hydrogen-bond donors (Lipinski definition) is 1. The Kier molecular flexibility index (Phi) is 2.97. The van der Waals surface area contributed by atoms with Crippen molar-refractivity contribution in [3.8, 4) is 5.88 Å². The first-order valence-corrected chi connectivity index (χ1v) is 6.72. The maximum atomic E-state index is 6.10. The van der Waals surface area contributed by atoms with Gasteiger partial charge in [-0.15, -0.1) is 0 Å². The number of fused-ring (bicyclic) bond motifs is 1. The van der Waals surface area contributed by atoms with Crippen LogP contribution in [-0.2, 0) is 0 Å². The van der Waals surface area contributed by atoms with Gasteiger partial charge in [0, 0.05) is 12.6 Å². The number of anilines is 2. The summed E-state index contributed by atoms with van der Waals surface area (Å²) in [6, 6.07) is 0.612. The predicted molar refractivity (Wildman–Crippen MR) is 70.7 cm³/mol. The molecule has 1 saturated carbocycles. The average Bonchev–Trinajstić information content (AvgIpc) is 2.83. The van der Waals surface area contributed by atoms with E-state index >= 15 is 0 Å². The van der Waals surface area contributed by atoms with Crippen molar-refractivity contribution >= 4 is 11.5 Å². The topological polar surface area (TPSA) is 64.3 Å². The highest BCUT2D eigenvalue weighted by atomic mass is 16.5. The fourth-order valence-electron chi connectivity index (χ4n) is 3.43. The Labute approximate surface area is 107 Å². The van der Waals surface area contributed by atoms with Crippen molar-refractivity contribution in [3.05, 3.63) is 6.33 Å². The van der Waals surface area contributed by atoms with Gasteiger partial charge in [0.05, 0.1) is 7.11 Å². The quantitative estimate of drug-likeness (QED) is 0.865. The normalized spacial score (nSPS) is 27.1. The van der Waals surface area contributed by atoms with Gasteiger partial charge >= 0.3 is 0 Å². The Morgan fingerprint density at radius 3 is 2.94 bits per heavy atom. The van der Waals surface area contributed by atoms with E-state index in [0.29, 0.717) is 17.6 Å². The van der Waals surface area contributed by atoms with Gasteiger partial charge in [-0.2, -0.15) is 4.98 Å². The van der Waals surface area contributed by atoms with Gasteiger partial charge in [-0.05, 0) is 25.2 Å². The van der Waals surface area contributed by atoms with Gasteiger partial charge in [0.1, 0.15) is 12.0 Å². The molecule has 2 N–H and O–H groups in total. The Morgan fingerprint density at radius 1 is 1.28 bits per heavy atom. The third kappa shape index (κ3) is 1.78. The zero-order valence-electron chi connectivity index (χ0n) is 10.8. The molecule has 1 aromatic heterocycles. The van der Waals surface area contributed by atoms with Crippen LogP contribution in [0.25, 0.3) is 0 Å². The number of nitrogen functional groups attached to an aromatic ring is 1. The standard InChI is InChI=1S/C13H20N4O/c1-18-13-11(14)12(15-8-16-13)17-7-6-9-4-2-3-5-10(9)17/h8-10H,2-7,14H2,1H3. The van der Waals surface area contributed by atoms with E-state index in [1.807, 2.05) is 0 Å². The van der Waals surface area contributed by atoms with Gasteiger partial charge in [-0.25, -0.2) is 4.98 Å². The summed E-state index contributed by atoms with van der Waals surface area (Å²) in [6.07, 6.45) is 8.11. The van der Waals surface area contributed by atoms with Crippen LogP contribution in [0.15, 0.2) is 6.33 Å². The minimum Gasteiger partial charge on any atom is -0.479 e. The molecule has 1 aliphatic carbocycles. The Hall–Kier alpha value is -1.52. The van der Waals surface area contributed by atoms with E-state index in [0.717, 1.165) is 18.3 Å². The first-order valence-electron chi connectivity index (χ1n) is 6.72. The molecule has 0 aromatic carbocycles. The SMILES string of the molecule is COc1ncnc(N2CCC3CCCCC32)c1N. The maximum absolute atomic E-state index is 6.10. The van der Waals surface area contributed by atoms with Gasteiger partial charge in [0.25, 0.3) is 0 Å². The Bertz CT molecular complexity index is 437. The van der Waals surface area contributed by atoms with Crippen molar-refractivity contribution in [1.82, 2.24) is 9.97 Å². The van der Waals surface area contributed by atoms with Crippen LogP contribution in [0.3, 0.4) is 0 Å². The van der Waals surface area contributed by atoms with E-state index in [4.69, 9.17) is 10.5 Å². The van der Waals surface area contributed by atoms with Gasteiger partial charge in [0.2, 0.25) is 5.88 Å². The molecule has 1 saturated heterocycles. The van der Waals surface area contributed by atoms with Crippen LogP contribution in [0.1, 0.15) is 32.1 Å². The van der Waals surface area contributed by atoms with Crippen molar-refractivity contribution in [2.24, 2.45) is 5.92 Å². The Balaban J connectivity index is 1.90. The molecule has 0 spiro atoms. The molecule has 5 heteroatoms. The lowest BCUT2D eigenvalue weighted by Crippen LogP contribution is -2.35. The second-order valence-corrected chi connectivity index (χ2v) is 5.21. The minimum atomic E-state index is 0.485. The van der Waals surface area contributed by atoms with Gasteiger partial charge in [-0.1, -0.05) is 12.8 Å². The Morgan fingerprint density at radius 2 is 2.11 bits per heavy atom. The summed E-state index contributed by atoms with van der Waals surface area (Å²) in [6.45, 7) is 1.06. The van der Waals surface area contributed by atoms with Crippen LogP contribution >= 0.6 is 0 Å². The lowest BCUT2D eigenvalue weighted by molar-refractivity contribution is 0.341. The summed E-state index contributed by atoms with van der Waals surface area (Å²) in [5, 5.41) is 0. The molecule has 0 bridgehead atoms. The lowest BCUT2D eigenvalue weighted by Gasteiger charge is -2.32. The van der Waals surface area contributed by atoms with Gasteiger partial charge < -0.3 is 15.4 Å². The van der Waals surface area contributed by atoms with Crippen LogP contribution in [0.4, 0.5) is 11.5 Å². The summed E-state index contributed by atoms with van der Waals surface area (Å²) in [5.41, 5.74) is 6.68. The highest BCUT2D eigenvalue weighted by molar-refractivity contribution is 5.68. The van der Waals surface area contributed by atoms with E-state index in [1.54, 1.807) is 13.4 Å². The first kappa shape index (κ1) is 11.6. The van der Waals surface area contributed by atoms with Crippen molar-refractivity contribution in [2.45, 2.75) is 38.1 Å². The smallest absolute Gasteiger partial charge is 0.242 e. The zero-order chi connectivity index (χ0) is 12.5. The summed E-state index contributed by atoms with van der Waals surface area (Å²) in [5.74, 6) is 2.16. The molecule has 2 unspecified atom stereocenters. The van der Waals surface area contributed by atoms with Crippen molar-refractivity contribution in [3.63, 3.8) is 0 Å². The van der Waals surface area contributed by atoms with Gasteiger partial charge in [-0.3, -0.25) is 0 Å². The molecule has 0 amide bonds. The molecule has 0 radical (unpaired) electrons. The highest BCUT2D eigenvalue weighted by Crippen LogP contribution is 2.40. The van der Waals surface area contributed by atoms with E-state index in [-0.39, 0.29) is 0 Å². The average molecular weight is 248 g/mol. The number of aromatic nitrogens is 2. The maximum Gasteiger partial charge on any atom is 0.242 e. The van der Waals surface area contributed by atoms with Crippen LogP contribution in [0, 0.1) is 5.92 Å². The third-order valence-electron chi connectivity index (χ3n) is 4.30. The van der Waals surface area contributed by atoms with Crippen molar-refractivity contribution in [2.75, 3.05) is 24.3 Å². The van der Waals surface area contributed by atoms with Crippen molar-refractivity contribution < 1.29 is 4.74 Å². The van der Waals surface area contributed by atoms with Crippen molar-refractivity contribution in [1.29, 1.82) is 0 Å². The number of rotatable bonds is 2. The van der Waals surface area contributed by atoms with Crippen LogP contribution < -0.4 is 15.4 Å².